The van der Waals surface area contributed by atoms with Crippen LogP contribution in [0.2, 0.25) is 0 Å². The highest BCUT2D eigenvalue weighted by Crippen LogP contribution is 2.41. The third-order valence-corrected chi connectivity index (χ3v) is 3.53. The van der Waals surface area contributed by atoms with E-state index in [4.69, 9.17) is 0 Å². The van der Waals surface area contributed by atoms with Crippen molar-refractivity contribution in [2.75, 3.05) is 0 Å². The van der Waals surface area contributed by atoms with Gasteiger partial charge in [0.1, 0.15) is 16.5 Å². The minimum Gasteiger partial charge on any atom is -0.255 e. The van der Waals surface area contributed by atoms with Crippen molar-refractivity contribution in [1.82, 2.24) is 9.97 Å². The van der Waals surface area contributed by atoms with E-state index in [1.54, 1.807) is 11.8 Å². The molecule has 0 fully saturated rings. The lowest BCUT2D eigenvalue weighted by Crippen LogP contribution is -2.20. The molecule has 16 heavy (non-hydrogen) atoms. The fourth-order valence-electron chi connectivity index (χ4n) is 1.54. The van der Waals surface area contributed by atoms with Gasteiger partial charge in [0.25, 0.3) is 0 Å². The zero-order chi connectivity index (χ0) is 11.9. The van der Waals surface area contributed by atoms with Crippen LogP contribution in [0, 0.1) is 6.92 Å². The molecule has 1 aliphatic rings. The molecule has 0 unspecified atom stereocenters. The molecule has 0 spiro atoms. The predicted octanol–water partition coefficient (Wildman–Crippen LogP) is 3.50. The molecule has 2 heterocycles. The largest absolute Gasteiger partial charge is 0.255 e. The van der Waals surface area contributed by atoms with Gasteiger partial charge in [-0.15, -0.1) is 0 Å². The van der Waals surface area contributed by atoms with E-state index in [2.05, 4.69) is 42.7 Å². The molecule has 0 radical (unpaired) electrons. The summed E-state index contributed by atoms with van der Waals surface area (Å²) < 4.78 is 0.0298. The zero-order valence-electron chi connectivity index (χ0n) is 10.4. The third-order valence-electron chi connectivity index (χ3n) is 2.42. The second-order valence-electron chi connectivity index (χ2n) is 4.94. The molecule has 0 aromatic carbocycles. The molecule has 0 aliphatic carbocycles. The van der Waals surface area contributed by atoms with Gasteiger partial charge < -0.3 is 0 Å². The molecule has 0 atom stereocenters. The number of aliphatic imine (C=N–C) groups is 1. The summed E-state index contributed by atoms with van der Waals surface area (Å²) >= 11 is 1.76. The maximum absolute atomic E-state index is 4.61. The van der Waals surface area contributed by atoms with Crippen LogP contribution in [-0.4, -0.2) is 20.9 Å². The second kappa shape index (κ2) is 3.84. The molecule has 86 valence electrons. The van der Waals surface area contributed by atoms with Gasteiger partial charge in [0.05, 0.1) is 10.4 Å². The molecule has 1 aliphatic heterocycles. The van der Waals surface area contributed by atoms with E-state index in [1.807, 2.05) is 13.1 Å². The van der Waals surface area contributed by atoms with E-state index in [9.17, 15) is 0 Å². The monoisotopic (exact) mass is 235 g/mol. The van der Waals surface area contributed by atoms with E-state index in [0.29, 0.717) is 5.92 Å². The van der Waals surface area contributed by atoms with Crippen molar-refractivity contribution in [2.24, 2.45) is 4.99 Å². The summed E-state index contributed by atoms with van der Waals surface area (Å²) in [5.74, 6) is 1.27. The maximum Gasteiger partial charge on any atom is 0.132 e. The molecule has 0 N–H and O–H groups in total. The number of hydrogen-bond donors (Lipinski definition) is 0. The molecule has 0 saturated heterocycles. The van der Waals surface area contributed by atoms with Gasteiger partial charge in [-0.25, -0.2) is 9.97 Å². The van der Waals surface area contributed by atoms with Crippen LogP contribution in [0.1, 0.15) is 45.1 Å². The van der Waals surface area contributed by atoms with Gasteiger partial charge in [0.15, 0.2) is 0 Å². The minimum atomic E-state index is 0.0298. The van der Waals surface area contributed by atoms with Crippen molar-refractivity contribution in [3.63, 3.8) is 0 Å². The van der Waals surface area contributed by atoms with Crippen molar-refractivity contribution in [2.45, 2.75) is 50.3 Å². The van der Waals surface area contributed by atoms with Crippen LogP contribution in [0.25, 0.3) is 0 Å². The molecular formula is C12H17N3S. The SMILES string of the molecule is Cc1nc(C(C)C)nc2c1N=CC(C)(C)S2. The number of rotatable bonds is 1. The average Bonchev–Trinajstić information content (AvgIpc) is 2.14. The Morgan fingerprint density at radius 3 is 2.56 bits per heavy atom. The average molecular weight is 235 g/mol. The second-order valence-corrected chi connectivity index (χ2v) is 6.58. The molecule has 2 rings (SSSR count). The van der Waals surface area contributed by atoms with Crippen molar-refractivity contribution < 1.29 is 0 Å². The van der Waals surface area contributed by atoms with Gasteiger partial charge in [-0.3, -0.25) is 4.99 Å². The van der Waals surface area contributed by atoms with Crippen LogP contribution < -0.4 is 0 Å². The quantitative estimate of drug-likeness (QED) is 0.699. The van der Waals surface area contributed by atoms with E-state index in [-0.39, 0.29) is 4.75 Å². The fraction of sp³-hybridized carbons (Fsp3) is 0.583. The van der Waals surface area contributed by atoms with Crippen LogP contribution >= 0.6 is 11.8 Å². The Kier molecular flexibility index (Phi) is 2.78. The number of fused-ring (bicyclic) bond motifs is 1. The van der Waals surface area contributed by atoms with Crippen LogP contribution in [0.15, 0.2) is 10.0 Å². The van der Waals surface area contributed by atoms with Gasteiger partial charge in [-0.05, 0) is 20.8 Å². The highest BCUT2D eigenvalue weighted by atomic mass is 32.2. The molecule has 4 heteroatoms. The molecule has 0 amide bonds. The summed E-state index contributed by atoms with van der Waals surface area (Å²) in [5.41, 5.74) is 1.92. The lowest BCUT2D eigenvalue weighted by molar-refractivity contribution is 0.742. The molecule has 0 saturated carbocycles. The highest BCUT2D eigenvalue weighted by Gasteiger charge is 2.26. The number of hydrogen-bond acceptors (Lipinski definition) is 4. The smallest absolute Gasteiger partial charge is 0.132 e. The number of aryl methyl sites for hydroxylation is 1. The summed E-state index contributed by atoms with van der Waals surface area (Å²) in [6, 6.07) is 0. The summed E-state index contributed by atoms with van der Waals surface area (Å²) in [7, 11) is 0. The topological polar surface area (TPSA) is 38.1 Å². The first kappa shape index (κ1) is 11.6. The fourth-order valence-corrected chi connectivity index (χ4v) is 2.58. The van der Waals surface area contributed by atoms with Crippen molar-refractivity contribution in [3.8, 4) is 0 Å². The van der Waals surface area contributed by atoms with Crippen LogP contribution in [0.5, 0.6) is 0 Å². The zero-order valence-corrected chi connectivity index (χ0v) is 11.2. The number of nitrogens with zero attached hydrogens (tertiary/aromatic N) is 3. The van der Waals surface area contributed by atoms with Crippen molar-refractivity contribution in [3.05, 3.63) is 11.5 Å². The van der Waals surface area contributed by atoms with Gasteiger partial charge in [-0.1, -0.05) is 25.6 Å². The predicted molar refractivity (Wildman–Crippen MR) is 68.9 cm³/mol. The van der Waals surface area contributed by atoms with Crippen LogP contribution in [-0.2, 0) is 0 Å². The Bertz CT molecular complexity index is 450. The molecule has 1 aromatic rings. The summed E-state index contributed by atoms with van der Waals surface area (Å²) in [6.45, 7) is 10.5. The normalized spacial score (nSPS) is 17.6. The van der Waals surface area contributed by atoms with Gasteiger partial charge in [0.2, 0.25) is 0 Å². The molecule has 0 bridgehead atoms. The van der Waals surface area contributed by atoms with Gasteiger partial charge in [0, 0.05) is 12.1 Å². The molecule has 3 nitrogen and oxygen atoms in total. The van der Waals surface area contributed by atoms with E-state index < -0.39 is 0 Å². The Morgan fingerprint density at radius 2 is 1.94 bits per heavy atom. The lowest BCUT2D eigenvalue weighted by atomic mass is 10.2. The third kappa shape index (κ3) is 2.12. The Labute approximate surface area is 101 Å². The van der Waals surface area contributed by atoms with E-state index in [0.717, 1.165) is 22.2 Å². The molecule has 1 aromatic heterocycles. The number of thioether (sulfide) groups is 1. The standard InChI is InChI=1S/C12H17N3S/c1-7(2)10-14-8(3)9-11(15-10)16-12(4,5)6-13-9/h6-7H,1-5H3. The minimum absolute atomic E-state index is 0.0298. The Balaban J connectivity index is 2.52. The summed E-state index contributed by atoms with van der Waals surface area (Å²) in [6.07, 6.45) is 1.98. The Hall–Kier alpha value is -0.900. The molecular weight excluding hydrogens is 218 g/mol. The summed E-state index contributed by atoms with van der Waals surface area (Å²) in [4.78, 5) is 13.6. The number of aromatic nitrogens is 2. The van der Waals surface area contributed by atoms with Crippen LogP contribution in [0.4, 0.5) is 5.69 Å². The first-order valence-corrected chi connectivity index (χ1v) is 6.33. The van der Waals surface area contributed by atoms with Crippen LogP contribution in [0.3, 0.4) is 0 Å². The first-order valence-electron chi connectivity index (χ1n) is 5.52. The first-order chi connectivity index (χ1) is 7.39. The van der Waals surface area contributed by atoms with Crippen molar-refractivity contribution >= 4 is 23.7 Å². The lowest BCUT2D eigenvalue weighted by Gasteiger charge is -2.24. The van der Waals surface area contributed by atoms with E-state index in [1.165, 1.54) is 0 Å². The Morgan fingerprint density at radius 1 is 1.25 bits per heavy atom. The van der Waals surface area contributed by atoms with Crippen molar-refractivity contribution in [1.29, 1.82) is 0 Å². The highest BCUT2D eigenvalue weighted by molar-refractivity contribution is 8.01. The maximum atomic E-state index is 4.61. The van der Waals surface area contributed by atoms with Gasteiger partial charge in [-0.2, -0.15) is 0 Å². The van der Waals surface area contributed by atoms with E-state index >= 15 is 0 Å². The summed E-state index contributed by atoms with van der Waals surface area (Å²) in [5, 5.41) is 1.02. The van der Waals surface area contributed by atoms with Gasteiger partial charge >= 0.3 is 0 Å².